The van der Waals surface area contributed by atoms with Crippen molar-refractivity contribution in [1.29, 1.82) is 10.5 Å². The van der Waals surface area contributed by atoms with Crippen molar-refractivity contribution in [2.24, 2.45) is 0 Å². The molecular formula is C10H18N4O4S2. The van der Waals surface area contributed by atoms with Crippen LogP contribution < -0.4 is 9.44 Å². The molecule has 0 radical (unpaired) electrons. The average Bonchev–Trinajstić information content (AvgIpc) is 2.37. The maximum atomic E-state index is 11.9. The molecule has 0 rings (SSSR count). The normalized spacial score (nSPS) is 15.0. The predicted molar refractivity (Wildman–Crippen MR) is 73.2 cm³/mol. The number of nitriles is 2. The monoisotopic (exact) mass is 322 g/mol. The van der Waals surface area contributed by atoms with Crippen LogP contribution in [-0.2, 0) is 20.0 Å². The molecule has 0 amide bonds. The topological polar surface area (TPSA) is 140 Å². The van der Waals surface area contributed by atoms with E-state index in [1.54, 1.807) is 12.1 Å². The lowest BCUT2D eigenvalue weighted by Gasteiger charge is -2.20. The molecule has 0 heterocycles. The average molecular weight is 322 g/mol. The zero-order valence-corrected chi connectivity index (χ0v) is 13.0. The molecule has 0 saturated heterocycles. The van der Waals surface area contributed by atoms with E-state index in [0.29, 0.717) is 0 Å². The van der Waals surface area contributed by atoms with E-state index in [2.05, 4.69) is 9.44 Å². The van der Waals surface area contributed by atoms with Crippen molar-refractivity contribution in [3.05, 3.63) is 0 Å². The summed E-state index contributed by atoms with van der Waals surface area (Å²) in [6.07, 6.45) is 0.0149. The molecular weight excluding hydrogens is 304 g/mol. The highest BCUT2D eigenvalue weighted by Gasteiger charge is 2.34. The first-order chi connectivity index (χ1) is 9.19. The third-order valence-electron chi connectivity index (χ3n) is 2.72. The van der Waals surface area contributed by atoms with Crippen molar-refractivity contribution in [3.8, 4) is 12.1 Å². The first-order valence-electron chi connectivity index (χ1n) is 5.90. The fraction of sp³-hybridized carbons (Fsp3) is 0.800. The third-order valence-corrected chi connectivity index (χ3v) is 6.88. The number of hydrogen-bond acceptors (Lipinski definition) is 6. The van der Waals surface area contributed by atoms with Crippen LogP contribution in [0.15, 0.2) is 0 Å². The Morgan fingerprint density at radius 2 is 1.15 bits per heavy atom. The molecule has 10 heteroatoms. The van der Waals surface area contributed by atoms with Gasteiger partial charge in [-0.1, -0.05) is 0 Å². The minimum absolute atomic E-state index is 0.00744. The first kappa shape index (κ1) is 18.8. The molecule has 0 aliphatic carbocycles. The van der Waals surface area contributed by atoms with E-state index in [9.17, 15) is 16.8 Å². The summed E-state index contributed by atoms with van der Waals surface area (Å²) >= 11 is 0. The molecule has 0 aliphatic heterocycles. The molecule has 0 aliphatic rings. The van der Waals surface area contributed by atoms with Crippen LogP contribution in [-0.4, -0.2) is 40.4 Å². The van der Waals surface area contributed by atoms with Crippen molar-refractivity contribution < 1.29 is 16.8 Å². The van der Waals surface area contributed by atoms with Crippen molar-refractivity contribution in [3.63, 3.8) is 0 Å². The fourth-order valence-corrected chi connectivity index (χ4v) is 4.45. The molecule has 20 heavy (non-hydrogen) atoms. The maximum absolute atomic E-state index is 11.9. The summed E-state index contributed by atoms with van der Waals surface area (Å²) in [5.74, 6) is 0. The van der Waals surface area contributed by atoms with Gasteiger partial charge in [-0.15, -0.1) is 0 Å². The summed E-state index contributed by atoms with van der Waals surface area (Å²) in [5.41, 5.74) is 0. The molecule has 8 nitrogen and oxygen atoms in total. The molecule has 2 unspecified atom stereocenters. The van der Waals surface area contributed by atoms with Crippen LogP contribution in [0, 0.1) is 22.7 Å². The van der Waals surface area contributed by atoms with Crippen molar-refractivity contribution in [2.75, 3.05) is 13.1 Å². The van der Waals surface area contributed by atoms with E-state index >= 15 is 0 Å². The lowest BCUT2D eigenvalue weighted by Crippen LogP contribution is -2.46. The second-order valence-corrected chi connectivity index (χ2v) is 8.35. The van der Waals surface area contributed by atoms with Crippen LogP contribution in [0.2, 0.25) is 0 Å². The smallest absolute Gasteiger partial charge is 0.214 e. The Labute approximate surface area is 119 Å². The van der Waals surface area contributed by atoms with Crippen LogP contribution in [0.25, 0.3) is 0 Å². The second-order valence-electron chi connectivity index (χ2n) is 4.11. The minimum atomic E-state index is -3.83. The molecule has 0 saturated carbocycles. The number of sulfonamides is 2. The lowest BCUT2D eigenvalue weighted by molar-refractivity contribution is 0.547. The van der Waals surface area contributed by atoms with Crippen LogP contribution in [0.3, 0.4) is 0 Å². The van der Waals surface area contributed by atoms with Gasteiger partial charge in [0.1, 0.15) is 0 Å². The third kappa shape index (κ3) is 5.84. The number of hydrogen-bond donors (Lipinski definition) is 2. The highest BCUT2D eigenvalue weighted by molar-refractivity contribution is 7.94. The van der Waals surface area contributed by atoms with Gasteiger partial charge in [-0.3, -0.25) is 0 Å². The maximum Gasteiger partial charge on any atom is 0.215 e. The van der Waals surface area contributed by atoms with Gasteiger partial charge in [0.15, 0.2) is 0 Å². The molecule has 0 aromatic heterocycles. The van der Waals surface area contributed by atoms with Gasteiger partial charge >= 0.3 is 0 Å². The summed E-state index contributed by atoms with van der Waals surface area (Å²) in [6, 6.07) is 3.57. The van der Waals surface area contributed by atoms with Gasteiger partial charge < -0.3 is 0 Å². The SMILES string of the molecule is CC(C(C)S(=O)(=O)NCCC#N)S(=O)(=O)NCCC#N. The van der Waals surface area contributed by atoms with Crippen LogP contribution in [0.4, 0.5) is 0 Å². The van der Waals surface area contributed by atoms with E-state index in [1.807, 2.05) is 0 Å². The Kier molecular flexibility index (Phi) is 7.68. The van der Waals surface area contributed by atoms with Crippen LogP contribution >= 0.6 is 0 Å². The minimum Gasteiger partial charge on any atom is -0.214 e. The Morgan fingerprint density at radius 3 is 1.40 bits per heavy atom. The molecule has 0 fully saturated rings. The van der Waals surface area contributed by atoms with Gasteiger partial charge in [-0.2, -0.15) is 10.5 Å². The van der Waals surface area contributed by atoms with Crippen molar-refractivity contribution in [2.45, 2.75) is 37.2 Å². The Morgan fingerprint density at radius 1 is 0.850 bits per heavy atom. The summed E-state index contributed by atoms with van der Waals surface area (Å²) in [4.78, 5) is 0. The quantitative estimate of drug-likeness (QED) is 0.545. The van der Waals surface area contributed by atoms with E-state index in [0.717, 1.165) is 0 Å². The number of rotatable bonds is 9. The Bertz CT molecular complexity index is 532. The van der Waals surface area contributed by atoms with Gasteiger partial charge in [0.25, 0.3) is 0 Å². The Hall–Kier alpha value is -1.20. The first-order valence-corrected chi connectivity index (χ1v) is 8.99. The lowest BCUT2D eigenvalue weighted by atomic mass is 10.4. The Balaban J connectivity index is 4.79. The van der Waals surface area contributed by atoms with Crippen LogP contribution in [0.5, 0.6) is 0 Å². The van der Waals surface area contributed by atoms with Gasteiger partial charge in [0.2, 0.25) is 20.0 Å². The summed E-state index contributed by atoms with van der Waals surface area (Å²) < 4.78 is 51.8. The highest BCUT2D eigenvalue weighted by Crippen LogP contribution is 2.12. The van der Waals surface area contributed by atoms with Gasteiger partial charge in [0.05, 0.1) is 22.6 Å². The standard InChI is InChI=1S/C10H18N4O4S2/c1-9(19(15,16)13-7-3-5-11)10(2)20(17,18)14-8-4-6-12/h9-10,13-14H,3-4,7-8H2,1-2H3. The molecule has 0 spiro atoms. The molecule has 2 N–H and O–H groups in total. The van der Waals surface area contributed by atoms with Crippen molar-refractivity contribution >= 4 is 20.0 Å². The van der Waals surface area contributed by atoms with E-state index in [1.165, 1.54) is 13.8 Å². The summed E-state index contributed by atoms with van der Waals surface area (Å²) in [6.45, 7) is 2.45. The zero-order chi connectivity index (χ0) is 15.8. The number of nitrogens with one attached hydrogen (secondary N) is 2. The molecule has 2 atom stereocenters. The summed E-state index contributed by atoms with van der Waals surface area (Å²) in [5, 5.41) is 14.3. The van der Waals surface area contributed by atoms with E-state index < -0.39 is 30.5 Å². The number of nitrogens with zero attached hydrogens (tertiary/aromatic N) is 2. The summed E-state index contributed by atoms with van der Waals surface area (Å²) in [7, 11) is -7.66. The van der Waals surface area contributed by atoms with E-state index in [4.69, 9.17) is 10.5 Å². The molecule has 0 aromatic carbocycles. The highest BCUT2D eigenvalue weighted by atomic mass is 32.2. The van der Waals surface area contributed by atoms with Gasteiger partial charge in [-0.25, -0.2) is 26.3 Å². The molecule has 114 valence electrons. The molecule has 0 bridgehead atoms. The van der Waals surface area contributed by atoms with E-state index in [-0.39, 0.29) is 25.9 Å². The largest absolute Gasteiger partial charge is 0.215 e. The fourth-order valence-electron chi connectivity index (χ4n) is 1.27. The predicted octanol–water partition coefficient (Wildman–Crippen LogP) is -0.570. The second kappa shape index (κ2) is 8.17. The van der Waals surface area contributed by atoms with Gasteiger partial charge in [-0.05, 0) is 13.8 Å². The molecule has 0 aromatic rings. The van der Waals surface area contributed by atoms with Crippen LogP contribution in [0.1, 0.15) is 26.7 Å². The van der Waals surface area contributed by atoms with Crippen molar-refractivity contribution in [1.82, 2.24) is 9.44 Å². The van der Waals surface area contributed by atoms with Gasteiger partial charge in [0, 0.05) is 25.9 Å². The zero-order valence-electron chi connectivity index (χ0n) is 11.3.